The van der Waals surface area contributed by atoms with Gasteiger partial charge in [-0.25, -0.2) is 13.1 Å². The fourth-order valence-corrected chi connectivity index (χ4v) is 3.41. The molecule has 0 amide bonds. The Morgan fingerprint density at radius 2 is 2.25 bits per heavy atom. The molecule has 7 nitrogen and oxygen atoms in total. The minimum absolute atomic E-state index is 0.0651. The number of nitro benzene ring substituents is 1. The van der Waals surface area contributed by atoms with E-state index < -0.39 is 14.9 Å². The number of nitro groups is 1. The van der Waals surface area contributed by atoms with Gasteiger partial charge in [0, 0.05) is 25.3 Å². The molecule has 0 aromatic heterocycles. The van der Waals surface area contributed by atoms with E-state index in [-0.39, 0.29) is 23.2 Å². The molecule has 1 aliphatic rings. The van der Waals surface area contributed by atoms with Crippen molar-refractivity contribution >= 4 is 15.7 Å². The molecule has 1 aromatic carbocycles. The zero-order valence-electron chi connectivity index (χ0n) is 11.0. The number of non-ortho nitro benzene ring substituents is 1. The third-order valence-electron chi connectivity index (χ3n) is 3.20. The number of ether oxygens (including phenoxy) is 1. The Morgan fingerprint density at radius 1 is 1.50 bits per heavy atom. The highest BCUT2D eigenvalue weighted by molar-refractivity contribution is 7.89. The number of hydrogen-bond acceptors (Lipinski definition) is 5. The molecule has 20 heavy (non-hydrogen) atoms. The summed E-state index contributed by atoms with van der Waals surface area (Å²) in [7, 11) is -3.77. The molecule has 1 aliphatic heterocycles. The number of nitrogens with one attached hydrogen (secondary N) is 1. The van der Waals surface area contributed by atoms with Crippen molar-refractivity contribution in [1.82, 2.24) is 4.72 Å². The van der Waals surface area contributed by atoms with Gasteiger partial charge < -0.3 is 4.74 Å². The van der Waals surface area contributed by atoms with Crippen LogP contribution in [0.15, 0.2) is 23.1 Å². The average molecular weight is 300 g/mol. The maximum Gasteiger partial charge on any atom is 0.270 e. The van der Waals surface area contributed by atoms with Crippen LogP contribution in [-0.4, -0.2) is 32.6 Å². The molecule has 8 heteroatoms. The Kier molecular flexibility index (Phi) is 4.36. The standard InChI is InChI=1S/C12H16N2O5S/c1-9-4-5-10(14(15)16)7-12(9)20(17,18)13-8-11-3-2-6-19-11/h4-5,7,11,13H,2-3,6,8H2,1H3/t11-/m1/s1. The van der Waals surface area contributed by atoms with Crippen LogP contribution >= 0.6 is 0 Å². The highest BCUT2D eigenvalue weighted by Crippen LogP contribution is 2.22. The molecule has 1 N–H and O–H groups in total. The lowest BCUT2D eigenvalue weighted by molar-refractivity contribution is -0.385. The maximum atomic E-state index is 12.2. The van der Waals surface area contributed by atoms with Gasteiger partial charge in [0.25, 0.3) is 5.69 Å². The van der Waals surface area contributed by atoms with Crippen molar-refractivity contribution in [2.24, 2.45) is 0 Å². The molecule has 1 fully saturated rings. The van der Waals surface area contributed by atoms with Crippen molar-refractivity contribution in [3.8, 4) is 0 Å². The van der Waals surface area contributed by atoms with E-state index in [1.165, 1.54) is 12.1 Å². The topological polar surface area (TPSA) is 98.5 Å². The van der Waals surface area contributed by atoms with Crippen molar-refractivity contribution in [3.05, 3.63) is 33.9 Å². The Morgan fingerprint density at radius 3 is 2.85 bits per heavy atom. The van der Waals surface area contributed by atoms with Gasteiger partial charge >= 0.3 is 0 Å². The highest BCUT2D eigenvalue weighted by Gasteiger charge is 2.23. The third-order valence-corrected chi connectivity index (χ3v) is 4.76. The predicted molar refractivity (Wildman–Crippen MR) is 72.0 cm³/mol. The molecule has 0 bridgehead atoms. The van der Waals surface area contributed by atoms with Crippen LogP contribution in [0, 0.1) is 17.0 Å². The summed E-state index contributed by atoms with van der Waals surface area (Å²) in [6, 6.07) is 3.79. The second-order valence-corrected chi connectivity index (χ2v) is 6.43. The van der Waals surface area contributed by atoms with Crippen LogP contribution in [0.3, 0.4) is 0 Å². The molecular formula is C12H16N2O5S. The van der Waals surface area contributed by atoms with Crippen LogP contribution in [0.25, 0.3) is 0 Å². The van der Waals surface area contributed by atoms with Crippen LogP contribution in [0.5, 0.6) is 0 Å². The second kappa shape index (κ2) is 5.86. The molecular weight excluding hydrogens is 284 g/mol. The van der Waals surface area contributed by atoms with Gasteiger partial charge in [-0.3, -0.25) is 10.1 Å². The Bertz CT molecular complexity index is 608. The number of aryl methyl sites for hydroxylation is 1. The number of nitrogens with zero attached hydrogens (tertiary/aromatic N) is 1. The zero-order chi connectivity index (χ0) is 14.8. The normalized spacial score (nSPS) is 19.1. The van der Waals surface area contributed by atoms with Crippen molar-refractivity contribution in [2.45, 2.75) is 30.8 Å². The number of rotatable bonds is 5. The molecule has 0 radical (unpaired) electrons. The largest absolute Gasteiger partial charge is 0.377 e. The monoisotopic (exact) mass is 300 g/mol. The lowest BCUT2D eigenvalue weighted by Gasteiger charge is -2.12. The average Bonchev–Trinajstić information content (AvgIpc) is 2.89. The minimum Gasteiger partial charge on any atom is -0.377 e. The SMILES string of the molecule is Cc1ccc([N+](=O)[O-])cc1S(=O)(=O)NC[C@H]1CCCO1. The number of hydrogen-bond donors (Lipinski definition) is 1. The lowest BCUT2D eigenvalue weighted by atomic mass is 10.2. The van der Waals surface area contributed by atoms with E-state index in [1.54, 1.807) is 6.92 Å². The van der Waals surface area contributed by atoms with Crippen molar-refractivity contribution in [1.29, 1.82) is 0 Å². The molecule has 2 rings (SSSR count). The summed E-state index contributed by atoms with van der Waals surface area (Å²) in [5.74, 6) is 0. The molecule has 1 heterocycles. The lowest BCUT2D eigenvalue weighted by Crippen LogP contribution is -2.32. The van der Waals surface area contributed by atoms with Crippen LogP contribution in [0.2, 0.25) is 0 Å². The smallest absolute Gasteiger partial charge is 0.270 e. The summed E-state index contributed by atoms with van der Waals surface area (Å²) in [5, 5.41) is 10.7. The summed E-state index contributed by atoms with van der Waals surface area (Å²) in [6.45, 7) is 2.43. The van der Waals surface area contributed by atoms with E-state index in [9.17, 15) is 18.5 Å². The summed E-state index contributed by atoms with van der Waals surface area (Å²) < 4.78 is 32.2. The summed E-state index contributed by atoms with van der Waals surface area (Å²) >= 11 is 0. The van der Waals surface area contributed by atoms with Crippen molar-refractivity contribution < 1.29 is 18.1 Å². The molecule has 0 aliphatic carbocycles. The molecule has 110 valence electrons. The molecule has 1 aromatic rings. The van der Waals surface area contributed by atoms with E-state index in [1.807, 2.05) is 0 Å². The van der Waals surface area contributed by atoms with Gasteiger partial charge in [0.1, 0.15) is 0 Å². The number of benzene rings is 1. The van der Waals surface area contributed by atoms with Gasteiger partial charge in [0.15, 0.2) is 0 Å². The van der Waals surface area contributed by atoms with Crippen molar-refractivity contribution in [2.75, 3.05) is 13.2 Å². The van der Waals surface area contributed by atoms with E-state index >= 15 is 0 Å². The Balaban J connectivity index is 2.19. The van der Waals surface area contributed by atoms with Crippen LogP contribution in [0.1, 0.15) is 18.4 Å². The highest BCUT2D eigenvalue weighted by atomic mass is 32.2. The van der Waals surface area contributed by atoms with Gasteiger partial charge in [0.05, 0.1) is 15.9 Å². The maximum absolute atomic E-state index is 12.2. The Hall–Kier alpha value is -1.51. The van der Waals surface area contributed by atoms with Crippen LogP contribution < -0.4 is 4.72 Å². The third kappa shape index (κ3) is 3.33. The summed E-state index contributed by atoms with van der Waals surface area (Å²) in [6.07, 6.45) is 1.61. The van der Waals surface area contributed by atoms with Gasteiger partial charge in [0.2, 0.25) is 10.0 Å². The van der Waals surface area contributed by atoms with Crippen LogP contribution in [0.4, 0.5) is 5.69 Å². The molecule has 0 unspecified atom stereocenters. The first-order valence-electron chi connectivity index (χ1n) is 6.26. The van der Waals surface area contributed by atoms with E-state index in [0.717, 1.165) is 18.9 Å². The van der Waals surface area contributed by atoms with E-state index in [4.69, 9.17) is 4.74 Å². The van der Waals surface area contributed by atoms with Crippen LogP contribution in [-0.2, 0) is 14.8 Å². The van der Waals surface area contributed by atoms with Gasteiger partial charge in [-0.15, -0.1) is 0 Å². The minimum atomic E-state index is -3.77. The van der Waals surface area contributed by atoms with E-state index in [2.05, 4.69) is 4.72 Å². The zero-order valence-corrected chi connectivity index (χ0v) is 11.9. The fourth-order valence-electron chi connectivity index (χ4n) is 2.08. The van der Waals surface area contributed by atoms with Crippen molar-refractivity contribution in [3.63, 3.8) is 0 Å². The summed E-state index contributed by atoms with van der Waals surface area (Å²) in [5.41, 5.74) is 0.225. The first-order chi connectivity index (χ1) is 9.40. The molecule has 1 saturated heterocycles. The van der Waals surface area contributed by atoms with Gasteiger partial charge in [-0.2, -0.15) is 0 Å². The first-order valence-corrected chi connectivity index (χ1v) is 7.75. The predicted octanol–water partition coefficient (Wildman–Crippen LogP) is 1.36. The molecule has 1 atom stereocenters. The van der Waals surface area contributed by atoms with Gasteiger partial charge in [-0.1, -0.05) is 6.07 Å². The van der Waals surface area contributed by atoms with E-state index in [0.29, 0.717) is 12.2 Å². The molecule has 0 spiro atoms. The summed E-state index contributed by atoms with van der Waals surface area (Å²) in [4.78, 5) is 10.1. The quantitative estimate of drug-likeness (QED) is 0.654. The fraction of sp³-hybridized carbons (Fsp3) is 0.500. The Labute approximate surface area is 117 Å². The molecule has 0 saturated carbocycles. The number of sulfonamides is 1. The van der Waals surface area contributed by atoms with Gasteiger partial charge in [-0.05, 0) is 25.3 Å². The second-order valence-electron chi connectivity index (χ2n) is 4.69. The first kappa shape index (κ1) is 14.9.